The molecule has 1 aromatic heterocycles. The highest BCUT2D eigenvalue weighted by Gasteiger charge is 2.09. The molecule has 1 N–H and O–H groups in total. The first-order chi connectivity index (χ1) is 11.7. The number of nitrogens with zero attached hydrogens (tertiary/aromatic N) is 2. The van der Waals surface area contributed by atoms with E-state index in [-0.39, 0.29) is 5.97 Å². The van der Waals surface area contributed by atoms with E-state index in [1.807, 2.05) is 37.3 Å². The lowest BCUT2D eigenvalue weighted by molar-refractivity contribution is 0.0601. The lowest BCUT2D eigenvalue weighted by Crippen LogP contribution is -2.04. The van der Waals surface area contributed by atoms with E-state index in [1.54, 1.807) is 18.2 Å². The summed E-state index contributed by atoms with van der Waals surface area (Å²) in [5.41, 5.74) is 3.33. The number of carbonyl (C=O) groups excluding carboxylic acids is 1. The molecule has 1 heterocycles. The summed E-state index contributed by atoms with van der Waals surface area (Å²) >= 11 is 0. The van der Waals surface area contributed by atoms with Gasteiger partial charge in [-0.25, -0.2) is 4.79 Å². The number of esters is 1. The highest BCUT2D eigenvalue weighted by molar-refractivity contribution is 5.90. The van der Waals surface area contributed by atoms with E-state index in [0.29, 0.717) is 23.8 Å². The molecular formula is C18H17N3O3. The number of aromatic nitrogens is 2. The van der Waals surface area contributed by atoms with Crippen LogP contribution in [0.25, 0.3) is 11.4 Å². The Balaban J connectivity index is 1.67. The van der Waals surface area contributed by atoms with Crippen LogP contribution in [-0.4, -0.2) is 23.2 Å². The molecule has 0 radical (unpaired) electrons. The zero-order valence-electron chi connectivity index (χ0n) is 13.4. The van der Waals surface area contributed by atoms with Gasteiger partial charge in [0.05, 0.1) is 19.2 Å². The summed E-state index contributed by atoms with van der Waals surface area (Å²) in [5.74, 6) is 0.641. The summed E-state index contributed by atoms with van der Waals surface area (Å²) in [7, 11) is 1.35. The molecule has 3 aromatic rings. The molecule has 0 fully saturated rings. The van der Waals surface area contributed by atoms with Crippen LogP contribution in [0.3, 0.4) is 0 Å². The number of ether oxygens (including phenoxy) is 1. The fourth-order valence-corrected chi connectivity index (χ4v) is 2.20. The van der Waals surface area contributed by atoms with Gasteiger partial charge in [0.2, 0.25) is 11.7 Å². The zero-order chi connectivity index (χ0) is 16.9. The third-order valence-electron chi connectivity index (χ3n) is 3.51. The smallest absolute Gasteiger partial charge is 0.337 e. The number of rotatable bonds is 5. The summed E-state index contributed by atoms with van der Waals surface area (Å²) in [5, 5.41) is 7.14. The van der Waals surface area contributed by atoms with Crippen molar-refractivity contribution in [2.75, 3.05) is 12.4 Å². The molecule has 0 atom stereocenters. The van der Waals surface area contributed by atoms with Gasteiger partial charge in [-0.15, -0.1) is 0 Å². The lowest BCUT2D eigenvalue weighted by Gasteiger charge is -2.05. The van der Waals surface area contributed by atoms with Crippen molar-refractivity contribution in [3.05, 3.63) is 65.5 Å². The second kappa shape index (κ2) is 6.95. The van der Waals surface area contributed by atoms with Crippen LogP contribution in [0.2, 0.25) is 0 Å². The van der Waals surface area contributed by atoms with E-state index in [4.69, 9.17) is 9.26 Å². The van der Waals surface area contributed by atoms with Crippen LogP contribution in [0.5, 0.6) is 0 Å². The Labute approximate surface area is 139 Å². The normalized spacial score (nSPS) is 10.4. The predicted octanol–water partition coefficient (Wildman–Crippen LogP) is 3.44. The Kier molecular flexibility index (Phi) is 4.56. The van der Waals surface area contributed by atoms with Gasteiger partial charge in [-0.2, -0.15) is 4.98 Å². The molecule has 0 saturated heterocycles. The number of aryl methyl sites for hydroxylation is 1. The minimum absolute atomic E-state index is 0.365. The van der Waals surface area contributed by atoms with Crippen molar-refractivity contribution in [1.82, 2.24) is 10.1 Å². The average Bonchev–Trinajstić information content (AvgIpc) is 3.09. The second-order valence-corrected chi connectivity index (χ2v) is 5.30. The molecule has 0 aliphatic heterocycles. The van der Waals surface area contributed by atoms with Gasteiger partial charge in [0.1, 0.15) is 0 Å². The molecule has 0 spiro atoms. The fraction of sp³-hybridized carbons (Fsp3) is 0.167. The van der Waals surface area contributed by atoms with E-state index in [9.17, 15) is 4.79 Å². The van der Waals surface area contributed by atoms with Gasteiger partial charge in [0.25, 0.3) is 0 Å². The number of benzene rings is 2. The summed E-state index contributed by atoms with van der Waals surface area (Å²) in [6, 6.07) is 14.9. The molecule has 6 heteroatoms. The predicted molar refractivity (Wildman–Crippen MR) is 89.6 cm³/mol. The number of hydrogen-bond acceptors (Lipinski definition) is 6. The Morgan fingerprint density at radius 3 is 2.75 bits per heavy atom. The Hall–Kier alpha value is -3.15. The molecule has 2 aromatic carbocycles. The topological polar surface area (TPSA) is 77.2 Å². The number of hydrogen-bond donors (Lipinski definition) is 1. The zero-order valence-corrected chi connectivity index (χ0v) is 13.4. The molecule has 0 aliphatic rings. The van der Waals surface area contributed by atoms with E-state index >= 15 is 0 Å². The minimum Gasteiger partial charge on any atom is -0.465 e. The van der Waals surface area contributed by atoms with Gasteiger partial charge in [-0.05, 0) is 25.1 Å². The highest BCUT2D eigenvalue weighted by atomic mass is 16.5. The van der Waals surface area contributed by atoms with Crippen LogP contribution < -0.4 is 5.32 Å². The quantitative estimate of drug-likeness (QED) is 0.725. The van der Waals surface area contributed by atoms with Crippen LogP contribution >= 0.6 is 0 Å². The SMILES string of the molecule is COC(=O)c1cccc(NCc2nc(-c3ccc(C)cc3)no2)c1. The third kappa shape index (κ3) is 3.60. The van der Waals surface area contributed by atoms with Crippen molar-refractivity contribution in [2.45, 2.75) is 13.5 Å². The van der Waals surface area contributed by atoms with Gasteiger partial charge in [-0.1, -0.05) is 41.1 Å². The van der Waals surface area contributed by atoms with Crippen molar-refractivity contribution in [3.8, 4) is 11.4 Å². The Morgan fingerprint density at radius 1 is 1.21 bits per heavy atom. The number of carbonyl (C=O) groups is 1. The van der Waals surface area contributed by atoms with Gasteiger partial charge in [-0.3, -0.25) is 0 Å². The van der Waals surface area contributed by atoms with Crippen LogP contribution in [0.1, 0.15) is 21.8 Å². The molecule has 24 heavy (non-hydrogen) atoms. The van der Waals surface area contributed by atoms with Gasteiger partial charge >= 0.3 is 5.97 Å². The van der Waals surface area contributed by atoms with Crippen molar-refractivity contribution in [3.63, 3.8) is 0 Å². The van der Waals surface area contributed by atoms with Gasteiger partial charge < -0.3 is 14.6 Å². The summed E-state index contributed by atoms with van der Waals surface area (Å²) in [4.78, 5) is 15.9. The average molecular weight is 323 g/mol. The molecule has 0 unspecified atom stereocenters. The van der Waals surface area contributed by atoms with Crippen LogP contribution in [0, 0.1) is 6.92 Å². The van der Waals surface area contributed by atoms with Crippen molar-refractivity contribution in [1.29, 1.82) is 0 Å². The van der Waals surface area contributed by atoms with E-state index in [0.717, 1.165) is 11.3 Å². The molecule has 0 aliphatic carbocycles. The molecule has 3 rings (SSSR count). The first-order valence-electron chi connectivity index (χ1n) is 7.47. The third-order valence-corrected chi connectivity index (χ3v) is 3.51. The number of methoxy groups -OCH3 is 1. The standard InChI is InChI=1S/C18H17N3O3/c1-12-6-8-13(9-7-12)17-20-16(24-21-17)11-19-15-5-3-4-14(10-15)18(22)23-2/h3-10,19H,11H2,1-2H3. The van der Waals surface area contributed by atoms with Gasteiger partial charge in [0.15, 0.2) is 0 Å². The van der Waals surface area contributed by atoms with E-state index < -0.39 is 0 Å². The van der Waals surface area contributed by atoms with E-state index in [2.05, 4.69) is 15.5 Å². The monoisotopic (exact) mass is 323 g/mol. The van der Waals surface area contributed by atoms with Crippen molar-refractivity contribution in [2.24, 2.45) is 0 Å². The Bertz CT molecular complexity index is 841. The minimum atomic E-state index is -0.377. The van der Waals surface area contributed by atoms with Crippen molar-refractivity contribution >= 4 is 11.7 Å². The van der Waals surface area contributed by atoms with Crippen LogP contribution in [0.4, 0.5) is 5.69 Å². The lowest BCUT2D eigenvalue weighted by atomic mass is 10.1. The number of anilines is 1. The van der Waals surface area contributed by atoms with Gasteiger partial charge in [0, 0.05) is 11.3 Å². The molecule has 0 amide bonds. The van der Waals surface area contributed by atoms with Crippen LogP contribution in [-0.2, 0) is 11.3 Å². The largest absolute Gasteiger partial charge is 0.465 e. The maximum Gasteiger partial charge on any atom is 0.337 e. The Morgan fingerprint density at radius 2 is 2.00 bits per heavy atom. The first-order valence-corrected chi connectivity index (χ1v) is 7.47. The van der Waals surface area contributed by atoms with Crippen LogP contribution in [0.15, 0.2) is 53.1 Å². The van der Waals surface area contributed by atoms with Crippen molar-refractivity contribution < 1.29 is 14.1 Å². The molecular weight excluding hydrogens is 306 g/mol. The summed E-state index contributed by atoms with van der Waals surface area (Å²) in [6.45, 7) is 2.39. The first kappa shape index (κ1) is 15.7. The summed E-state index contributed by atoms with van der Waals surface area (Å²) < 4.78 is 9.96. The van der Waals surface area contributed by atoms with E-state index in [1.165, 1.54) is 12.7 Å². The molecule has 0 bridgehead atoms. The molecule has 0 saturated carbocycles. The molecule has 122 valence electrons. The number of nitrogens with one attached hydrogen (secondary N) is 1. The second-order valence-electron chi connectivity index (χ2n) is 5.30. The maximum absolute atomic E-state index is 11.5. The highest BCUT2D eigenvalue weighted by Crippen LogP contribution is 2.17. The summed E-state index contributed by atoms with van der Waals surface area (Å²) in [6.07, 6.45) is 0. The maximum atomic E-state index is 11.5. The molecule has 6 nitrogen and oxygen atoms in total. The fourth-order valence-electron chi connectivity index (χ4n) is 2.20.